The van der Waals surface area contributed by atoms with Crippen molar-refractivity contribution in [3.63, 3.8) is 0 Å². The predicted octanol–water partition coefficient (Wildman–Crippen LogP) is 3.74. The predicted molar refractivity (Wildman–Crippen MR) is 85.3 cm³/mol. The van der Waals surface area contributed by atoms with Gasteiger partial charge >= 0.3 is 0 Å². The van der Waals surface area contributed by atoms with Gasteiger partial charge in [-0.1, -0.05) is 30.3 Å². The lowest BCUT2D eigenvalue weighted by atomic mass is 10.0. The SMILES string of the molecule is [2H]n1ccc2cc(-c3cc4ccccc4cn3)ccc2c1=O. The number of pyridine rings is 2. The molecular weight excluding hydrogens is 260 g/mol. The van der Waals surface area contributed by atoms with Gasteiger partial charge in [0.15, 0.2) is 1.41 Å². The van der Waals surface area contributed by atoms with Crippen molar-refractivity contribution in [2.75, 3.05) is 0 Å². The highest BCUT2D eigenvalue weighted by atomic mass is 16.1. The summed E-state index contributed by atoms with van der Waals surface area (Å²) in [6, 6.07) is 17.5. The van der Waals surface area contributed by atoms with Gasteiger partial charge in [0.05, 0.1) is 5.69 Å². The van der Waals surface area contributed by atoms with Crippen LogP contribution in [0.4, 0.5) is 0 Å². The van der Waals surface area contributed by atoms with Crippen LogP contribution in [0.1, 0.15) is 0 Å². The Balaban J connectivity index is 1.92. The highest BCUT2D eigenvalue weighted by molar-refractivity contribution is 5.89. The first kappa shape index (κ1) is 10.8. The van der Waals surface area contributed by atoms with Crippen molar-refractivity contribution in [2.45, 2.75) is 0 Å². The lowest BCUT2D eigenvalue weighted by molar-refractivity contribution is 1.28. The van der Waals surface area contributed by atoms with E-state index < -0.39 is 0 Å². The molecule has 0 aliphatic rings. The number of aromatic nitrogens is 2. The number of H-pyrrole nitrogens is 1. The van der Waals surface area contributed by atoms with E-state index in [4.69, 9.17) is 1.41 Å². The van der Waals surface area contributed by atoms with Crippen molar-refractivity contribution in [2.24, 2.45) is 0 Å². The summed E-state index contributed by atoms with van der Waals surface area (Å²) in [5.41, 5.74) is 1.52. The molecule has 3 heteroatoms. The highest BCUT2D eigenvalue weighted by Gasteiger charge is 2.04. The average molecular weight is 273 g/mol. The van der Waals surface area contributed by atoms with E-state index in [0.717, 1.165) is 32.4 Å². The molecule has 4 aromatic rings. The molecule has 0 saturated carbocycles. The molecule has 0 fully saturated rings. The molecule has 4 rings (SSSR count). The van der Waals surface area contributed by atoms with Crippen LogP contribution in [0, 0.1) is 0 Å². The van der Waals surface area contributed by atoms with E-state index in [1.165, 1.54) is 6.20 Å². The van der Waals surface area contributed by atoms with Crippen molar-refractivity contribution in [3.8, 4) is 11.3 Å². The second kappa shape index (κ2) is 4.56. The van der Waals surface area contributed by atoms with E-state index in [0.29, 0.717) is 5.39 Å². The quantitative estimate of drug-likeness (QED) is 0.574. The van der Waals surface area contributed by atoms with Crippen LogP contribution in [0.15, 0.2) is 71.8 Å². The maximum atomic E-state index is 11.9. The summed E-state index contributed by atoms with van der Waals surface area (Å²) in [7, 11) is 0. The third-order valence-electron chi connectivity index (χ3n) is 3.65. The summed E-state index contributed by atoms with van der Waals surface area (Å²) in [4.78, 5) is 17.3. The Morgan fingerprint density at radius 2 is 1.81 bits per heavy atom. The fourth-order valence-corrected chi connectivity index (χ4v) is 2.55. The molecule has 0 bridgehead atoms. The lowest BCUT2D eigenvalue weighted by Gasteiger charge is -2.04. The summed E-state index contributed by atoms with van der Waals surface area (Å²) in [5, 5.41) is 3.60. The molecule has 2 aromatic heterocycles. The zero-order valence-electron chi connectivity index (χ0n) is 12.2. The van der Waals surface area contributed by atoms with Gasteiger partial charge in [-0.25, -0.2) is 0 Å². The minimum absolute atomic E-state index is 0.310. The Morgan fingerprint density at radius 1 is 0.952 bits per heavy atom. The molecule has 0 aliphatic carbocycles. The van der Waals surface area contributed by atoms with Crippen molar-refractivity contribution in [1.82, 2.24) is 9.96 Å². The van der Waals surface area contributed by atoms with Gasteiger partial charge in [-0.15, -0.1) is 0 Å². The standard InChI is InChI=1S/C18H12N2O/c21-18-16-6-5-14(9-13(16)7-8-19-18)17-10-12-3-1-2-4-15(12)11-20-17/h1-11H,(H,19,21)/i/hD. The van der Waals surface area contributed by atoms with E-state index in [1.54, 1.807) is 12.1 Å². The Bertz CT molecular complexity index is 1070. The lowest BCUT2D eigenvalue weighted by Crippen LogP contribution is -2.03. The van der Waals surface area contributed by atoms with Crippen LogP contribution in [0.25, 0.3) is 32.8 Å². The molecule has 2 aromatic carbocycles. The van der Waals surface area contributed by atoms with Crippen LogP contribution < -0.4 is 5.56 Å². The highest BCUT2D eigenvalue weighted by Crippen LogP contribution is 2.24. The zero-order chi connectivity index (χ0) is 15.1. The zero-order valence-corrected chi connectivity index (χ0v) is 11.2. The second-order valence-corrected chi connectivity index (χ2v) is 4.97. The fourth-order valence-electron chi connectivity index (χ4n) is 2.55. The van der Waals surface area contributed by atoms with Gasteiger partial charge in [-0.2, -0.15) is 0 Å². The molecular formula is C18H12N2O. The summed E-state index contributed by atoms with van der Waals surface area (Å²) >= 11 is 0. The first-order valence-electron chi connectivity index (χ1n) is 7.17. The summed E-state index contributed by atoms with van der Waals surface area (Å²) in [5.74, 6) is 0. The van der Waals surface area contributed by atoms with Gasteiger partial charge in [0.1, 0.15) is 0 Å². The Morgan fingerprint density at radius 3 is 2.71 bits per heavy atom. The number of nitrogens with zero attached hydrogens (tertiary/aromatic N) is 1. The van der Waals surface area contributed by atoms with Gasteiger partial charge < -0.3 is 4.98 Å². The number of hydrogen-bond acceptors (Lipinski definition) is 2. The van der Waals surface area contributed by atoms with E-state index in [-0.39, 0.29) is 5.56 Å². The van der Waals surface area contributed by atoms with Gasteiger partial charge in [-0.05, 0) is 35.0 Å². The van der Waals surface area contributed by atoms with Crippen molar-refractivity contribution in [1.29, 1.82) is 0 Å². The number of hydrogen-bond donors (Lipinski definition) is 1. The van der Waals surface area contributed by atoms with Crippen LogP contribution in [0.3, 0.4) is 0 Å². The largest absolute Gasteiger partial charge is 0.329 e. The van der Waals surface area contributed by atoms with Crippen molar-refractivity contribution >= 4 is 21.5 Å². The molecule has 0 unspecified atom stereocenters. The molecule has 1 N–H and O–H groups in total. The molecule has 0 aliphatic heterocycles. The topological polar surface area (TPSA) is 45.8 Å². The molecule has 100 valence electrons. The minimum Gasteiger partial charge on any atom is -0.329 e. The number of benzene rings is 2. The van der Waals surface area contributed by atoms with E-state index in [2.05, 4.69) is 11.1 Å². The maximum absolute atomic E-state index is 11.9. The Hall–Kier alpha value is -2.94. The van der Waals surface area contributed by atoms with E-state index in [9.17, 15) is 4.79 Å². The van der Waals surface area contributed by atoms with Crippen molar-refractivity contribution in [3.05, 3.63) is 77.3 Å². The first-order chi connectivity index (χ1) is 10.7. The number of nitrogens with one attached hydrogen (secondary N) is 1. The molecule has 0 atom stereocenters. The number of aromatic amines is 1. The maximum Gasteiger partial charge on any atom is 0.255 e. The van der Waals surface area contributed by atoms with Crippen LogP contribution in [-0.4, -0.2) is 9.96 Å². The van der Waals surface area contributed by atoms with Gasteiger partial charge in [0, 0.05) is 28.7 Å². The van der Waals surface area contributed by atoms with Crippen LogP contribution >= 0.6 is 0 Å². The Kier molecular flexibility index (Phi) is 2.35. The first-order valence-corrected chi connectivity index (χ1v) is 6.72. The number of rotatable bonds is 1. The monoisotopic (exact) mass is 273 g/mol. The summed E-state index contributed by atoms with van der Waals surface area (Å²) < 4.78 is 7.50. The van der Waals surface area contributed by atoms with E-state index in [1.807, 2.05) is 42.6 Å². The molecule has 0 spiro atoms. The van der Waals surface area contributed by atoms with Crippen LogP contribution in [0.2, 0.25) is 1.41 Å². The van der Waals surface area contributed by atoms with Gasteiger partial charge in [0.2, 0.25) is 0 Å². The fraction of sp³-hybridized carbons (Fsp3) is 0. The molecule has 3 nitrogen and oxygen atoms in total. The molecule has 0 radical (unpaired) electrons. The van der Waals surface area contributed by atoms with Gasteiger partial charge in [0.25, 0.3) is 5.56 Å². The van der Waals surface area contributed by atoms with Gasteiger partial charge in [-0.3, -0.25) is 9.78 Å². The summed E-state index contributed by atoms with van der Waals surface area (Å²) in [6.45, 7) is 0. The second-order valence-electron chi connectivity index (χ2n) is 4.97. The van der Waals surface area contributed by atoms with Crippen molar-refractivity contribution < 1.29 is 1.41 Å². The third kappa shape index (κ3) is 1.99. The Labute approximate surface area is 122 Å². The van der Waals surface area contributed by atoms with Crippen LogP contribution in [-0.2, 0) is 0 Å². The molecule has 21 heavy (non-hydrogen) atoms. The smallest absolute Gasteiger partial charge is 0.255 e. The normalized spacial score (nSPS) is 11.7. The summed E-state index contributed by atoms with van der Waals surface area (Å²) in [6.07, 6.45) is 3.32. The average Bonchev–Trinajstić information content (AvgIpc) is 2.57. The molecule has 0 saturated heterocycles. The number of fused-ring (bicyclic) bond motifs is 2. The van der Waals surface area contributed by atoms with Crippen LogP contribution in [0.5, 0.6) is 0 Å². The molecule has 2 heterocycles. The minimum atomic E-state index is -0.310. The van der Waals surface area contributed by atoms with E-state index >= 15 is 0 Å². The molecule has 0 amide bonds. The third-order valence-corrected chi connectivity index (χ3v) is 3.65.